The van der Waals surface area contributed by atoms with Gasteiger partial charge in [0.15, 0.2) is 0 Å². The van der Waals surface area contributed by atoms with Gasteiger partial charge in [-0.3, -0.25) is 4.79 Å². The second kappa shape index (κ2) is 10.8. The SMILES string of the molecule is CC(C)C(=O)N1CCCC(NS(C)(=O)=O)C1COC1CC=C(c2ccccc2C(F)(F)F)CC1. The van der Waals surface area contributed by atoms with E-state index in [1.54, 1.807) is 30.9 Å². The van der Waals surface area contributed by atoms with E-state index in [1.807, 2.05) is 0 Å². The van der Waals surface area contributed by atoms with Crippen LogP contribution >= 0.6 is 0 Å². The Bertz CT molecular complexity index is 1010. The van der Waals surface area contributed by atoms with Gasteiger partial charge in [-0.05, 0) is 49.3 Å². The predicted molar refractivity (Wildman–Crippen MR) is 124 cm³/mol. The summed E-state index contributed by atoms with van der Waals surface area (Å²) >= 11 is 0. The minimum atomic E-state index is -4.42. The van der Waals surface area contributed by atoms with Crippen LogP contribution in [-0.2, 0) is 25.7 Å². The highest BCUT2D eigenvalue weighted by atomic mass is 32.2. The van der Waals surface area contributed by atoms with E-state index in [9.17, 15) is 26.4 Å². The van der Waals surface area contributed by atoms with Gasteiger partial charge in [0.05, 0.1) is 30.6 Å². The lowest BCUT2D eigenvalue weighted by atomic mass is 9.89. The molecule has 3 atom stereocenters. The van der Waals surface area contributed by atoms with Crippen molar-refractivity contribution >= 4 is 21.5 Å². The number of hydrogen-bond donors (Lipinski definition) is 1. The molecule has 0 aromatic heterocycles. The Kier molecular flexibility index (Phi) is 8.47. The van der Waals surface area contributed by atoms with Crippen LogP contribution in [0.3, 0.4) is 0 Å². The maximum Gasteiger partial charge on any atom is 0.416 e. The van der Waals surface area contributed by atoms with E-state index in [4.69, 9.17) is 4.74 Å². The number of halogens is 3. The number of piperidine rings is 1. The van der Waals surface area contributed by atoms with Gasteiger partial charge in [0.1, 0.15) is 0 Å². The van der Waals surface area contributed by atoms with E-state index in [2.05, 4.69) is 4.72 Å². The number of nitrogens with one attached hydrogen (secondary N) is 1. The van der Waals surface area contributed by atoms with Gasteiger partial charge in [-0.15, -0.1) is 0 Å². The van der Waals surface area contributed by atoms with Crippen molar-refractivity contribution in [2.24, 2.45) is 5.92 Å². The Morgan fingerprint density at radius 3 is 2.53 bits per heavy atom. The molecule has 10 heteroatoms. The fraction of sp³-hybridized carbons (Fsp3) is 0.625. The molecule has 0 bridgehead atoms. The molecule has 3 rings (SSSR count). The Morgan fingerprint density at radius 2 is 1.94 bits per heavy atom. The molecular weight excluding hydrogens is 469 g/mol. The van der Waals surface area contributed by atoms with Gasteiger partial charge in [-0.25, -0.2) is 13.1 Å². The van der Waals surface area contributed by atoms with Gasteiger partial charge in [0.2, 0.25) is 15.9 Å². The number of benzene rings is 1. The van der Waals surface area contributed by atoms with Crippen molar-refractivity contribution in [1.29, 1.82) is 0 Å². The van der Waals surface area contributed by atoms with Crippen molar-refractivity contribution < 1.29 is 31.1 Å². The fourth-order valence-corrected chi connectivity index (χ4v) is 5.56. The van der Waals surface area contributed by atoms with Crippen LogP contribution in [0.4, 0.5) is 13.2 Å². The molecule has 3 unspecified atom stereocenters. The van der Waals surface area contributed by atoms with Crippen LogP contribution in [-0.4, -0.2) is 56.8 Å². The number of nitrogens with zero attached hydrogens (tertiary/aromatic N) is 1. The third-order valence-electron chi connectivity index (χ3n) is 6.37. The molecule has 190 valence electrons. The van der Waals surface area contributed by atoms with Crippen molar-refractivity contribution in [1.82, 2.24) is 9.62 Å². The van der Waals surface area contributed by atoms with Crippen molar-refractivity contribution in [2.75, 3.05) is 19.4 Å². The minimum Gasteiger partial charge on any atom is -0.376 e. The highest BCUT2D eigenvalue weighted by molar-refractivity contribution is 7.88. The zero-order chi connectivity index (χ0) is 25.1. The number of amides is 1. The monoisotopic (exact) mass is 502 g/mol. The normalized spacial score (nSPS) is 24.3. The molecule has 1 heterocycles. The van der Waals surface area contributed by atoms with Crippen LogP contribution < -0.4 is 4.72 Å². The smallest absolute Gasteiger partial charge is 0.376 e. The molecule has 1 aromatic carbocycles. The van der Waals surface area contributed by atoms with E-state index in [1.165, 1.54) is 12.1 Å². The quantitative estimate of drug-likeness (QED) is 0.606. The van der Waals surface area contributed by atoms with Crippen molar-refractivity contribution in [3.63, 3.8) is 0 Å². The number of sulfonamides is 1. The second-order valence-corrected chi connectivity index (χ2v) is 11.2. The molecule has 1 aliphatic heterocycles. The summed E-state index contributed by atoms with van der Waals surface area (Å²) in [7, 11) is -3.47. The summed E-state index contributed by atoms with van der Waals surface area (Å²) in [6.07, 6.45) is 1.01. The first kappa shape index (κ1) is 26.7. The standard InChI is InChI=1S/C24H33F3N2O4S/c1-16(2)23(30)29-14-6-9-21(28-34(3,31)32)22(29)15-33-18-12-10-17(11-13-18)19-7-4-5-8-20(19)24(25,26)27/h4-5,7-8,10,16,18,21-22,28H,6,9,11-15H2,1-3H3. The maximum absolute atomic E-state index is 13.4. The molecule has 2 aliphatic rings. The average molecular weight is 503 g/mol. The number of ether oxygens (including phenoxy) is 1. The van der Waals surface area contributed by atoms with Crippen LogP contribution in [0.25, 0.3) is 5.57 Å². The predicted octanol–water partition coefficient (Wildman–Crippen LogP) is 4.22. The van der Waals surface area contributed by atoms with Crippen LogP contribution in [0.2, 0.25) is 0 Å². The van der Waals surface area contributed by atoms with E-state index in [-0.39, 0.29) is 30.1 Å². The first-order valence-corrected chi connectivity index (χ1v) is 13.5. The summed E-state index contributed by atoms with van der Waals surface area (Å²) in [6.45, 7) is 4.31. The number of allylic oxidation sites excluding steroid dienone is 1. The number of rotatable bonds is 7. The Labute approximate surface area is 199 Å². The van der Waals surface area contributed by atoms with Gasteiger partial charge in [-0.2, -0.15) is 13.2 Å². The zero-order valence-corrected chi connectivity index (χ0v) is 20.6. The lowest BCUT2D eigenvalue weighted by molar-refractivity contribution is -0.141. The first-order chi connectivity index (χ1) is 15.9. The number of alkyl halides is 3. The summed E-state index contributed by atoms with van der Waals surface area (Å²) in [5.74, 6) is -0.281. The molecule has 0 spiro atoms. The van der Waals surface area contributed by atoms with Crippen LogP contribution in [0.1, 0.15) is 57.1 Å². The molecule has 1 N–H and O–H groups in total. The molecule has 1 aromatic rings. The third-order valence-corrected chi connectivity index (χ3v) is 7.10. The lowest BCUT2D eigenvalue weighted by Gasteiger charge is -2.42. The topological polar surface area (TPSA) is 75.7 Å². The van der Waals surface area contributed by atoms with Gasteiger partial charge >= 0.3 is 6.18 Å². The molecule has 1 fully saturated rings. The van der Waals surface area contributed by atoms with E-state index in [0.29, 0.717) is 44.2 Å². The minimum absolute atomic E-state index is 0.0526. The summed E-state index contributed by atoms with van der Waals surface area (Å²) in [6, 6.07) is 4.70. The highest BCUT2D eigenvalue weighted by Gasteiger charge is 2.38. The lowest BCUT2D eigenvalue weighted by Crippen LogP contribution is -2.59. The molecule has 1 amide bonds. The Hall–Kier alpha value is -1.91. The van der Waals surface area contributed by atoms with Crippen molar-refractivity contribution in [3.8, 4) is 0 Å². The average Bonchev–Trinajstić information content (AvgIpc) is 2.76. The van der Waals surface area contributed by atoms with Crippen LogP contribution in [0, 0.1) is 5.92 Å². The van der Waals surface area contributed by atoms with E-state index >= 15 is 0 Å². The van der Waals surface area contributed by atoms with Gasteiger partial charge in [-0.1, -0.05) is 38.1 Å². The van der Waals surface area contributed by atoms with Crippen molar-refractivity contribution in [2.45, 2.75) is 70.3 Å². The number of likely N-dealkylation sites (tertiary alicyclic amines) is 1. The number of carbonyl (C=O) groups is 1. The molecule has 1 aliphatic carbocycles. The molecule has 34 heavy (non-hydrogen) atoms. The molecular formula is C24H33F3N2O4S. The largest absolute Gasteiger partial charge is 0.416 e. The molecule has 6 nitrogen and oxygen atoms in total. The fourth-order valence-electron chi connectivity index (χ4n) is 4.73. The maximum atomic E-state index is 13.4. The zero-order valence-electron chi connectivity index (χ0n) is 19.8. The van der Waals surface area contributed by atoms with Crippen LogP contribution in [0.5, 0.6) is 0 Å². The van der Waals surface area contributed by atoms with E-state index < -0.39 is 33.8 Å². The molecule has 0 radical (unpaired) electrons. The summed E-state index contributed by atoms with van der Waals surface area (Å²) in [5, 5.41) is 0. The Morgan fingerprint density at radius 1 is 1.24 bits per heavy atom. The summed E-state index contributed by atoms with van der Waals surface area (Å²) < 4.78 is 72.7. The third kappa shape index (κ3) is 6.82. The molecule has 1 saturated heterocycles. The first-order valence-electron chi connectivity index (χ1n) is 11.6. The van der Waals surface area contributed by atoms with E-state index in [0.717, 1.165) is 12.3 Å². The van der Waals surface area contributed by atoms with Gasteiger partial charge < -0.3 is 9.64 Å². The Balaban J connectivity index is 1.70. The highest BCUT2D eigenvalue weighted by Crippen LogP contribution is 2.38. The summed E-state index contributed by atoms with van der Waals surface area (Å²) in [5.41, 5.74) is 0.214. The van der Waals surface area contributed by atoms with Crippen molar-refractivity contribution in [3.05, 3.63) is 41.5 Å². The molecule has 0 saturated carbocycles. The summed E-state index contributed by atoms with van der Waals surface area (Å²) in [4.78, 5) is 14.5. The second-order valence-electron chi connectivity index (χ2n) is 9.39. The van der Waals surface area contributed by atoms with Gasteiger partial charge in [0, 0.05) is 18.5 Å². The number of carbonyl (C=O) groups excluding carboxylic acids is 1. The van der Waals surface area contributed by atoms with Gasteiger partial charge in [0.25, 0.3) is 0 Å². The number of hydrogen-bond acceptors (Lipinski definition) is 4. The van der Waals surface area contributed by atoms with Crippen LogP contribution in [0.15, 0.2) is 30.3 Å².